The lowest BCUT2D eigenvalue weighted by molar-refractivity contribution is 0.204. The summed E-state index contributed by atoms with van der Waals surface area (Å²) in [5.74, 6) is 5.83. The number of hydrogen-bond donors (Lipinski definition) is 1. The van der Waals surface area contributed by atoms with Gasteiger partial charge in [0.15, 0.2) is 0 Å². The standard InChI is InChI=1S/C10H14N2.ClH/c1-8-10-5-3-2-4-9(10)6-7-12(8)11;/h2-5,8H,6-7,11H2,1H3;1H. The van der Waals surface area contributed by atoms with E-state index < -0.39 is 0 Å². The number of hydrazine groups is 1. The van der Waals surface area contributed by atoms with E-state index in [-0.39, 0.29) is 12.4 Å². The van der Waals surface area contributed by atoms with Crippen LogP contribution in [-0.4, -0.2) is 11.6 Å². The van der Waals surface area contributed by atoms with Crippen LogP contribution in [0.5, 0.6) is 0 Å². The van der Waals surface area contributed by atoms with E-state index in [1.165, 1.54) is 11.1 Å². The lowest BCUT2D eigenvalue weighted by Gasteiger charge is -2.31. The molecule has 0 fully saturated rings. The monoisotopic (exact) mass is 198 g/mol. The number of benzene rings is 1. The maximum Gasteiger partial charge on any atom is 0.0465 e. The van der Waals surface area contributed by atoms with Gasteiger partial charge >= 0.3 is 0 Å². The molecule has 13 heavy (non-hydrogen) atoms. The molecule has 0 saturated heterocycles. The summed E-state index contributed by atoms with van der Waals surface area (Å²) >= 11 is 0. The van der Waals surface area contributed by atoms with Gasteiger partial charge in [0.1, 0.15) is 0 Å². The van der Waals surface area contributed by atoms with E-state index in [0.717, 1.165) is 13.0 Å². The van der Waals surface area contributed by atoms with Crippen LogP contribution in [0.3, 0.4) is 0 Å². The van der Waals surface area contributed by atoms with Gasteiger partial charge in [-0.1, -0.05) is 24.3 Å². The van der Waals surface area contributed by atoms with Crippen molar-refractivity contribution in [3.05, 3.63) is 35.4 Å². The smallest absolute Gasteiger partial charge is 0.0465 e. The first-order valence-corrected chi connectivity index (χ1v) is 4.38. The molecule has 2 nitrogen and oxygen atoms in total. The van der Waals surface area contributed by atoms with Crippen molar-refractivity contribution in [3.63, 3.8) is 0 Å². The third kappa shape index (κ3) is 1.85. The highest BCUT2D eigenvalue weighted by Crippen LogP contribution is 2.26. The Labute approximate surface area is 85.1 Å². The molecule has 0 bridgehead atoms. The van der Waals surface area contributed by atoms with E-state index in [2.05, 4.69) is 31.2 Å². The number of nitrogens with two attached hydrogens (primary N) is 1. The summed E-state index contributed by atoms with van der Waals surface area (Å²) in [6.07, 6.45) is 1.08. The van der Waals surface area contributed by atoms with Crippen molar-refractivity contribution >= 4 is 12.4 Å². The summed E-state index contributed by atoms with van der Waals surface area (Å²) in [6.45, 7) is 3.12. The molecule has 2 rings (SSSR count). The minimum Gasteiger partial charge on any atom is -0.268 e. The Hall–Kier alpha value is -0.570. The van der Waals surface area contributed by atoms with Gasteiger partial charge in [-0.05, 0) is 24.5 Å². The van der Waals surface area contributed by atoms with Crippen molar-refractivity contribution < 1.29 is 0 Å². The fourth-order valence-electron chi connectivity index (χ4n) is 1.79. The van der Waals surface area contributed by atoms with Crippen LogP contribution in [0.15, 0.2) is 24.3 Å². The van der Waals surface area contributed by atoms with Gasteiger partial charge in [-0.15, -0.1) is 12.4 Å². The lowest BCUT2D eigenvalue weighted by Crippen LogP contribution is -2.39. The van der Waals surface area contributed by atoms with Crippen LogP contribution in [0.4, 0.5) is 0 Å². The molecule has 72 valence electrons. The third-order valence-electron chi connectivity index (χ3n) is 2.64. The topological polar surface area (TPSA) is 29.3 Å². The normalized spacial score (nSPS) is 21.8. The lowest BCUT2D eigenvalue weighted by atomic mass is 9.95. The summed E-state index contributed by atoms with van der Waals surface area (Å²) in [5, 5.41) is 1.91. The minimum atomic E-state index is 0. The summed E-state index contributed by atoms with van der Waals surface area (Å²) in [5.41, 5.74) is 2.83. The summed E-state index contributed by atoms with van der Waals surface area (Å²) in [7, 11) is 0. The average Bonchev–Trinajstić information content (AvgIpc) is 2.12. The van der Waals surface area contributed by atoms with Crippen molar-refractivity contribution in [2.24, 2.45) is 5.84 Å². The molecule has 0 aromatic heterocycles. The molecular formula is C10H15ClN2. The fourth-order valence-corrected chi connectivity index (χ4v) is 1.79. The molecule has 0 aliphatic carbocycles. The SMILES string of the molecule is CC1c2ccccc2CCN1N.Cl. The molecule has 1 unspecified atom stereocenters. The Morgan fingerprint density at radius 2 is 2.08 bits per heavy atom. The van der Waals surface area contributed by atoms with Crippen LogP contribution < -0.4 is 5.84 Å². The van der Waals surface area contributed by atoms with Gasteiger partial charge in [-0.25, -0.2) is 5.01 Å². The first-order chi connectivity index (χ1) is 5.79. The molecule has 1 heterocycles. The van der Waals surface area contributed by atoms with Crippen LogP contribution in [0.25, 0.3) is 0 Å². The molecule has 1 aliphatic heterocycles. The largest absolute Gasteiger partial charge is 0.268 e. The third-order valence-corrected chi connectivity index (χ3v) is 2.64. The van der Waals surface area contributed by atoms with E-state index in [4.69, 9.17) is 5.84 Å². The molecule has 1 aromatic carbocycles. The van der Waals surface area contributed by atoms with Gasteiger partial charge in [0.25, 0.3) is 0 Å². The van der Waals surface area contributed by atoms with Gasteiger partial charge in [-0.2, -0.15) is 0 Å². The van der Waals surface area contributed by atoms with Gasteiger partial charge in [0.05, 0.1) is 0 Å². The van der Waals surface area contributed by atoms with Crippen molar-refractivity contribution in [1.29, 1.82) is 0 Å². The van der Waals surface area contributed by atoms with Crippen LogP contribution >= 0.6 is 12.4 Å². The number of rotatable bonds is 0. The van der Waals surface area contributed by atoms with Gasteiger partial charge < -0.3 is 0 Å². The van der Waals surface area contributed by atoms with E-state index in [9.17, 15) is 0 Å². The first-order valence-electron chi connectivity index (χ1n) is 4.38. The first kappa shape index (κ1) is 10.5. The van der Waals surface area contributed by atoms with E-state index >= 15 is 0 Å². The highest BCUT2D eigenvalue weighted by atomic mass is 35.5. The van der Waals surface area contributed by atoms with Crippen molar-refractivity contribution in [1.82, 2.24) is 5.01 Å². The summed E-state index contributed by atoms with van der Waals surface area (Å²) in [6, 6.07) is 8.90. The van der Waals surface area contributed by atoms with Gasteiger partial charge in [0, 0.05) is 12.6 Å². The number of halogens is 1. The number of fused-ring (bicyclic) bond motifs is 1. The molecular weight excluding hydrogens is 184 g/mol. The molecule has 0 amide bonds. The van der Waals surface area contributed by atoms with E-state index in [1.54, 1.807) is 0 Å². The van der Waals surface area contributed by atoms with Gasteiger partial charge in [0.2, 0.25) is 0 Å². The second-order valence-electron chi connectivity index (χ2n) is 3.36. The quantitative estimate of drug-likeness (QED) is 0.646. The Kier molecular flexibility index (Phi) is 3.31. The van der Waals surface area contributed by atoms with Crippen molar-refractivity contribution in [3.8, 4) is 0 Å². The molecule has 1 aromatic rings. The maximum absolute atomic E-state index is 5.83. The maximum atomic E-state index is 5.83. The summed E-state index contributed by atoms with van der Waals surface area (Å²) in [4.78, 5) is 0. The van der Waals surface area contributed by atoms with E-state index in [1.807, 2.05) is 5.01 Å². The fraction of sp³-hybridized carbons (Fsp3) is 0.400. The highest BCUT2D eigenvalue weighted by Gasteiger charge is 2.19. The number of hydrogen-bond acceptors (Lipinski definition) is 2. The zero-order valence-electron chi connectivity index (χ0n) is 7.73. The zero-order valence-corrected chi connectivity index (χ0v) is 8.55. The Morgan fingerprint density at radius 1 is 1.38 bits per heavy atom. The Bertz CT molecular complexity index is 288. The van der Waals surface area contributed by atoms with Crippen LogP contribution in [-0.2, 0) is 6.42 Å². The van der Waals surface area contributed by atoms with Crippen molar-refractivity contribution in [2.45, 2.75) is 19.4 Å². The van der Waals surface area contributed by atoms with Crippen LogP contribution in [0, 0.1) is 0 Å². The second kappa shape index (κ2) is 4.09. The molecule has 0 spiro atoms. The Morgan fingerprint density at radius 3 is 2.85 bits per heavy atom. The van der Waals surface area contributed by atoms with Crippen LogP contribution in [0.1, 0.15) is 24.1 Å². The molecule has 3 heteroatoms. The van der Waals surface area contributed by atoms with Gasteiger partial charge in [-0.3, -0.25) is 5.84 Å². The van der Waals surface area contributed by atoms with Crippen molar-refractivity contribution in [2.75, 3.05) is 6.54 Å². The molecule has 1 aliphatic rings. The summed E-state index contributed by atoms with van der Waals surface area (Å²) < 4.78 is 0. The molecule has 0 saturated carbocycles. The number of nitrogens with zero attached hydrogens (tertiary/aromatic N) is 1. The predicted octanol–water partition coefficient (Wildman–Crippen LogP) is 1.90. The zero-order chi connectivity index (χ0) is 8.55. The van der Waals surface area contributed by atoms with E-state index in [0.29, 0.717) is 6.04 Å². The molecule has 2 N–H and O–H groups in total. The minimum absolute atomic E-state index is 0. The van der Waals surface area contributed by atoms with Crippen LogP contribution in [0.2, 0.25) is 0 Å². The highest BCUT2D eigenvalue weighted by molar-refractivity contribution is 5.85. The second-order valence-corrected chi connectivity index (χ2v) is 3.36. The molecule has 1 atom stereocenters. The Balaban J connectivity index is 0.000000845. The molecule has 0 radical (unpaired) electrons. The average molecular weight is 199 g/mol. The predicted molar refractivity (Wildman–Crippen MR) is 56.7 cm³/mol.